The number of likely N-dealkylation sites (N-methyl/N-ethyl adjacent to an activating group) is 1. The molecule has 0 aromatic heterocycles. The summed E-state index contributed by atoms with van der Waals surface area (Å²) in [6.45, 7) is 10.3. The second-order valence-corrected chi connectivity index (χ2v) is 6.39. The van der Waals surface area contributed by atoms with Crippen LogP contribution in [0.15, 0.2) is 30.3 Å². The van der Waals surface area contributed by atoms with Gasteiger partial charge in [-0.15, -0.1) is 0 Å². The van der Waals surface area contributed by atoms with E-state index in [1.807, 2.05) is 4.90 Å². The molecule has 4 nitrogen and oxygen atoms in total. The second kappa shape index (κ2) is 8.83. The van der Waals surface area contributed by atoms with E-state index < -0.39 is 0 Å². The lowest BCUT2D eigenvalue weighted by atomic mass is 10.00. The van der Waals surface area contributed by atoms with E-state index in [1.165, 1.54) is 17.7 Å². The van der Waals surface area contributed by atoms with Crippen molar-refractivity contribution in [1.82, 2.24) is 15.1 Å². The fourth-order valence-electron chi connectivity index (χ4n) is 2.98. The van der Waals surface area contributed by atoms with Gasteiger partial charge in [0.1, 0.15) is 5.82 Å². The van der Waals surface area contributed by atoms with Crippen molar-refractivity contribution in [2.45, 2.75) is 33.2 Å². The highest BCUT2D eigenvalue weighted by Crippen LogP contribution is 2.22. The highest BCUT2D eigenvalue weighted by atomic mass is 19.1. The van der Waals surface area contributed by atoms with Crippen LogP contribution in [0.1, 0.15) is 32.8 Å². The van der Waals surface area contributed by atoms with Crippen LogP contribution in [-0.2, 0) is 0 Å². The molecule has 1 aromatic rings. The molecule has 1 aliphatic heterocycles. The summed E-state index contributed by atoms with van der Waals surface area (Å²) in [5, 5.41) is 3.00. The van der Waals surface area contributed by atoms with Crippen molar-refractivity contribution in [2.75, 3.05) is 32.7 Å². The van der Waals surface area contributed by atoms with Crippen molar-refractivity contribution >= 4 is 11.6 Å². The number of nitrogens with one attached hydrogen (secondary N) is 1. The minimum atomic E-state index is -0.223. The minimum Gasteiger partial charge on any atom is -0.337 e. The number of rotatable bonds is 6. The Kier molecular flexibility index (Phi) is 6.79. The summed E-state index contributed by atoms with van der Waals surface area (Å²) >= 11 is 0. The summed E-state index contributed by atoms with van der Waals surface area (Å²) in [6.07, 6.45) is 2.86. The molecule has 1 aliphatic rings. The second-order valence-electron chi connectivity index (χ2n) is 6.39. The van der Waals surface area contributed by atoms with E-state index in [0.717, 1.165) is 25.1 Å². The van der Waals surface area contributed by atoms with Crippen LogP contribution in [0.3, 0.4) is 0 Å². The van der Waals surface area contributed by atoms with Crippen LogP contribution in [0.25, 0.3) is 5.57 Å². The first kappa shape index (κ1) is 18.5. The molecule has 1 N–H and O–H groups in total. The lowest BCUT2D eigenvalue weighted by Gasteiger charge is -2.28. The van der Waals surface area contributed by atoms with Crippen LogP contribution < -0.4 is 5.32 Å². The first-order chi connectivity index (χ1) is 11.5. The van der Waals surface area contributed by atoms with Gasteiger partial charge in [-0.05, 0) is 50.1 Å². The van der Waals surface area contributed by atoms with Crippen LogP contribution in [0.2, 0.25) is 0 Å². The maximum Gasteiger partial charge on any atom is 0.317 e. The Hall–Kier alpha value is -1.88. The molecule has 0 atom stereocenters. The maximum absolute atomic E-state index is 13.0. The summed E-state index contributed by atoms with van der Waals surface area (Å²) in [5.74, 6) is -0.223. The Labute approximate surface area is 144 Å². The van der Waals surface area contributed by atoms with Crippen LogP contribution in [-0.4, -0.2) is 54.6 Å². The Morgan fingerprint density at radius 3 is 2.58 bits per heavy atom. The zero-order chi connectivity index (χ0) is 17.5. The highest BCUT2D eigenvalue weighted by molar-refractivity contribution is 5.76. The zero-order valence-corrected chi connectivity index (χ0v) is 14.9. The fraction of sp³-hybridized carbons (Fsp3) is 0.526. The summed E-state index contributed by atoms with van der Waals surface area (Å²) in [6, 6.07) is 7.02. The van der Waals surface area contributed by atoms with Crippen LogP contribution in [0, 0.1) is 5.82 Å². The molecular weight excluding hydrogens is 305 g/mol. The monoisotopic (exact) mass is 333 g/mol. The molecule has 0 saturated heterocycles. The van der Waals surface area contributed by atoms with Crippen molar-refractivity contribution in [3.63, 3.8) is 0 Å². The number of hydrogen-bond acceptors (Lipinski definition) is 2. The van der Waals surface area contributed by atoms with E-state index in [1.54, 1.807) is 12.1 Å². The Bertz CT molecular complexity index is 568. The highest BCUT2D eigenvalue weighted by Gasteiger charge is 2.18. The normalized spacial score (nSPS) is 14.9. The summed E-state index contributed by atoms with van der Waals surface area (Å²) in [7, 11) is 0. The van der Waals surface area contributed by atoms with Crippen molar-refractivity contribution in [3.05, 3.63) is 41.7 Å². The van der Waals surface area contributed by atoms with Crippen LogP contribution >= 0.6 is 0 Å². The van der Waals surface area contributed by atoms with Crippen molar-refractivity contribution in [2.24, 2.45) is 0 Å². The number of halogens is 1. The Morgan fingerprint density at radius 1 is 1.33 bits per heavy atom. The van der Waals surface area contributed by atoms with Gasteiger partial charge in [0.05, 0.1) is 0 Å². The SMILES string of the molecule is CCN(CCNC(=O)N1CC=C(c2ccc(F)cc2)CC1)C(C)C. The predicted molar refractivity (Wildman–Crippen MR) is 96.3 cm³/mol. The van der Waals surface area contributed by atoms with Crippen molar-refractivity contribution < 1.29 is 9.18 Å². The molecule has 0 unspecified atom stereocenters. The van der Waals surface area contributed by atoms with Crippen molar-refractivity contribution in [3.8, 4) is 0 Å². The molecule has 2 amide bonds. The molecule has 2 rings (SSSR count). The van der Waals surface area contributed by atoms with Gasteiger partial charge in [-0.25, -0.2) is 9.18 Å². The summed E-state index contributed by atoms with van der Waals surface area (Å²) in [5.41, 5.74) is 2.21. The quantitative estimate of drug-likeness (QED) is 0.866. The van der Waals surface area contributed by atoms with Crippen LogP contribution in [0.4, 0.5) is 9.18 Å². The van der Waals surface area contributed by atoms with Gasteiger partial charge in [0.25, 0.3) is 0 Å². The average molecular weight is 333 g/mol. The maximum atomic E-state index is 13.0. The van der Waals surface area contributed by atoms with Gasteiger partial charge in [-0.2, -0.15) is 0 Å². The van der Waals surface area contributed by atoms with E-state index in [4.69, 9.17) is 0 Å². The number of nitrogens with zero attached hydrogens (tertiary/aromatic N) is 2. The molecular formula is C19H28FN3O. The standard InChI is InChI=1S/C19H28FN3O/c1-4-22(15(2)3)14-11-21-19(24)23-12-9-17(10-13-23)16-5-7-18(20)8-6-16/h5-9,15H,4,10-14H2,1-3H3,(H,21,24). The number of carbonyl (C=O) groups is 1. The first-order valence-electron chi connectivity index (χ1n) is 8.73. The van der Waals surface area contributed by atoms with E-state index in [-0.39, 0.29) is 11.8 Å². The first-order valence-corrected chi connectivity index (χ1v) is 8.73. The smallest absolute Gasteiger partial charge is 0.317 e. The average Bonchev–Trinajstić information content (AvgIpc) is 2.59. The molecule has 0 aliphatic carbocycles. The van der Waals surface area contributed by atoms with Crippen LogP contribution in [0.5, 0.6) is 0 Å². The third-order valence-electron chi connectivity index (χ3n) is 4.52. The molecule has 0 radical (unpaired) electrons. The molecule has 0 spiro atoms. The number of carbonyl (C=O) groups excluding carboxylic acids is 1. The number of hydrogen-bond donors (Lipinski definition) is 1. The third-order valence-corrected chi connectivity index (χ3v) is 4.52. The molecule has 0 saturated carbocycles. The van der Waals surface area contributed by atoms with Gasteiger partial charge in [0, 0.05) is 32.2 Å². The molecule has 5 heteroatoms. The van der Waals surface area contributed by atoms with Gasteiger partial charge < -0.3 is 10.2 Å². The lowest BCUT2D eigenvalue weighted by molar-refractivity contribution is 0.195. The number of amides is 2. The van der Waals surface area contributed by atoms with Gasteiger partial charge in [-0.1, -0.05) is 25.1 Å². The Balaban J connectivity index is 1.80. The molecule has 1 heterocycles. The minimum absolute atomic E-state index is 0.00999. The summed E-state index contributed by atoms with van der Waals surface area (Å²) in [4.78, 5) is 16.4. The van der Waals surface area contributed by atoms with E-state index >= 15 is 0 Å². The topological polar surface area (TPSA) is 35.6 Å². The zero-order valence-electron chi connectivity index (χ0n) is 14.9. The Morgan fingerprint density at radius 2 is 2.04 bits per heavy atom. The van der Waals surface area contributed by atoms with Gasteiger partial charge >= 0.3 is 6.03 Å². The van der Waals surface area contributed by atoms with Gasteiger partial charge in [-0.3, -0.25) is 4.90 Å². The number of urea groups is 1. The van der Waals surface area contributed by atoms with E-state index in [2.05, 4.69) is 37.1 Å². The molecule has 24 heavy (non-hydrogen) atoms. The fourth-order valence-corrected chi connectivity index (χ4v) is 2.98. The van der Waals surface area contributed by atoms with E-state index in [0.29, 0.717) is 25.7 Å². The largest absolute Gasteiger partial charge is 0.337 e. The molecule has 0 bridgehead atoms. The molecule has 0 fully saturated rings. The van der Waals surface area contributed by atoms with Crippen molar-refractivity contribution in [1.29, 1.82) is 0 Å². The van der Waals surface area contributed by atoms with E-state index in [9.17, 15) is 9.18 Å². The van der Waals surface area contributed by atoms with Gasteiger partial charge in [0.2, 0.25) is 0 Å². The lowest BCUT2D eigenvalue weighted by Crippen LogP contribution is -2.45. The summed E-state index contributed by atoms with van der Waals surface area (Å²) < 4.78 is 13.0. The number of benzene rings is 1. The third kappa shape index (κ3) is 5.06. The molecule has 1 aromatic carbocycles. The molecule has 132 valence electrons. The predicted octanol–water partition coefficient (Wildman–Crippen LogP) is 3.35. The van der Waals surface area contributed by atoms with Gasteiger partial charge in [0.15, 0.2) is 0 Å².